The van der Waals surface area contributed by atoms with E-state index in [4.69, 9.17) is 49.6 Å². The molecule has 0 unspecified atom stereocenters. The Labute approximate surface area is 211 Å². The molecule has 0 saturated carbocycles. The second-order valence-electron chi connectivity index (χ2n) is 7.79. The summed E-state index contributed by atoms with van der Waals surface area (Å²) < 4.78 is 20.9. The number of rotatable bonds is 7. The Morgan fingerprint density at radius 3 is 2.74 bits per heavy atom. The molecule has 2 aromatic heterocycles. The number of benzene rings is 2. The van der Waals surface area contributed by atoms with Gasteiger partial charge in [-0.3, -0.25) is 0 Å². The van der Waals surface area contributed by atoms with Crippen LogP contribution in [0.3, 0.4) is 0 Å². The third-order valence-corrected chi connectivity index (χ3v) is 6.18. The van der Waals surface area contributed by atoms with Crippen molar-refractivity contribution in [3.05, 3.63) is 93.8 Å². The van der Waals surface area contributed by atoms with Crippen molar-refractivity contribution in [1.29, 1.82) is 0 Å². The lowest BCUT2D eigenvalue weighted by atomic mass is 10.1. The van der Waals surface area contributed by atoms with Gasteiger partial charge in [0.25, 0.3) is 0 Å². The van der Waals surface area contributed by atoms with Gasteiger partial charge in [-0.05, 0) is 60.2 Å². The number of ether oxygens (including phenoxy) is 3. The van der Waals surface area contributed by atoms with Crippen LogP contribution >= 0.6 is 35.4 Å². The molecule has 34 heavy (non-hydrogen) atoms. The Morgan fingerprint density at radius 2 is 2.00 bits per heavy atom. The average molecular weight is 515 g/mol. The maximum Gasteiger partial charge on any atom is 0.215 e. The van der Waals surface area contributed by atoms with E-state index in [-0.39, 0.29) is 6.10 Å². The summed E-state index contributed by atoms with van der Waals surface area (Å²) in [5.74, 6) is -0.365. The molecule has 1 N–H and O–H groups in total. The highest BCUT2D eigenvalue weighted by Crippen LogP contribution is 2.40. The summed E-state index contributed by atoms with van der Waals surface area (Å²) in [5.41, 5.74) is 2.58. The highest BCUT2D eigenvalue weighted by molar-refractivity contribution is 7.71. The van der Waals surface area contributed by atoms with Gasteiger partial charge in [0, 0.05) is 34.9 Å². The Morgan fingerprint density at radius 1 is 1.15 bits per heavy atom. The Kier molecular flexibility index (Phi) is 6.67. The molecule has 3 heterocycles. The van der Waals surface area contributed by atoms with Gasteiger partial charge in [-0.1, -0.05) is 29.3 Å². The third kappa shape index (κ3) is 5.01. The molecule has 174 valence electrons. The van der Waals surface area contributed by atoms with Gasteiger partial charge in [-0.2, -0.15) is 0 Å². The van der Waals surface area contributed by atoms with Crippen LogP contribution in [0, 0.1) is 4.77 Å². The minimum Gasteiger partial charge on any atom is -0.491 e. The maximum absolute atomic E-state index is 6.52. The monoisotopic (exact) mass is 514 g/mol. The lowest BCUT2D eigenvalue weighted by Gasteiger charge is -2.30. The summed E-state index contributed by atoms with van der Waals surface area (Å²) in [6.07, 6.45) is 6.64. The molecular weight excluding hydrogens is 495 g/mol. The first-order valence-corrected chi connectivity index (χ1v) is 11.7. The standard InChI is InChI=1S/C24H20Cl2N4O3S/c25-17-3-6-20(21(26)11-17)24(14-30-10-9-27-15-30)32-13-19(33-24)12-31-18-4-1-16(2-5-18)22-7-8-28-23(34)29-22/h1-11,15,19H,12-14H2,(H,28,29,34)/t19-,24+/m0/s1. The van der Waals surface area contributed by atoms with Gasteiger partial charge in [-0.15, -0.1) is 0 Å². The van der Waals surface area contributed by atoms with Crippen molar-refractivity contribution in [1.82, 2.24) is 19.5 Å². The molecule has 10 heteroatoms. The number of imidazole rings is 1. The van der Waals surface area contributed by atoms with E-state index >= 15 is 0 Å². The molecule has 1 aliphatic rings. The van der Waals surface area contributed by atoms with Gasteiger partial charge in [0.15, 0.2) is 4.77 Å². The van der Waals surface area contributed by atoms with Crippen LogP contribution in [0.5, 0.6) is 5.75 Å². The van der Waals surface area contributed by atoms with Crippen LogP contribution in [-0.2, 0) is 21.8 Å². The van der Waals surface area contributed by atoms with Crippen LogP contribution in [0.4, 0.5) is 0 Å². The number of nitrogens with one attached hydrogen (secondary N) is 1. The van der Waals surface area contributed by atoms with Crippen molar-refractivity contribution in [2.24, 2.45) is 0 Å². The zero-order valence-electron chi connectivity index (χ0n) is 17.9. The lowest BCUT2D eigenvalue weighted by Crippen LogP contribution is -2.34. The normalized spacial score (nSPS) is 19.9. The summed E-state index contributed by atoms with van der Waals surface area (Å²) in [6.45, 7) is 1.04. The van der Waals surface area contributed by atoms with Gasteiger partial charge in [0.1, 0.15) is 18.5 Å². The van der Waals surface area contributed by atoms with E-state index in [0.29, 0.717) is 40.1 Å². The van der Waals surface area contributed by atoms with Gasteiger partial charge < -0.3 is 23.8 Å². The highest BCUT2D eigenvalue weighted by atomic mass is 35.5. The van der Waals surface area contributed by atoms with Gasteiger partial charge >= 0.3 is 0 Å². The smallest absolute Gasteiger partial charge is 0.215 e. The minimum absolute atomic E-state index is 0.300. The highest BCUT2D eigenvalue weighted by Gasteiger charge is 2.45. The Bertz CT molecular complexity index is 1330. The summed E-state index contributed by atoms with van der Waals surface area (Å²) in [4.78, 5) is 11.2. The predicted molar refractivity (Wildman–Crippen MR) is 132 cm³/mol. The molecule has 7 nitrogen and oxygen atoms in total. The molecule has 2 aromatic carbocycles. The van der Waals surface area contributed by atoms with E-state index in [1.54, 1.807) is 30.9 Å². The fraction of sp³-hybridized carbons (Fsp3) is 0.208. The molecule has 4 aromatic rings. The zero-order valence-corrected chi connectivity index (χ0v) is 20.2. The molecule has 1 saturated heterocycles. The van der Waals surface area contributed by atoms with Crippen LogP contribution < -0.4 is 4.74 Å². The number of halogens is 2. The SMILES string of the molecule is S=c1nccc(-c2ccc(OC[C@H]3CO[C@@](Cn4ccnc4)(c4ccc(Cl)cc4Cl)O3)cc2)[nH]1. The minimum atomic E-state index is -1.08. The first kappa shape index (κ1) is 23.0. The fourth-order valence-electron chi connectivity index (χ4n) is 3.83. The largest absolute Gasteiger partial charge is 0.491 e. The van der Waals surface area contributed by atoms with Crippen molar-refractivity contribution < 1.29 is 14.2 Å². The number of aromatic nitrogens is 4. The number of H-pyrrole nitrogens is 1. The third-order valence-electron chi connectivity index (χ3n) is 5.43. The van der Waals surface area contributed by atoms with E-state index in [1.807, 2.05) is 47.2 Å². The van der Waals surface area contributed by atoms with Gasteiger partial charge in [-0.25, -0.2) is 9.97 Å². The summed E-state index contributed by atoms with van der Waals surface area (Å²) in [6, 6.07) is 14.9. The van der Waals surface area contributed by atoms with Gasteiger partial charge in [0.2, 0.25) is 5.79 Å². The molecular formula is C24H20Cl2N4O3S. The van der Waals surface area contributed by atoms with Crippen LogP contribution in [0.2, 0.25) is 10.0 Å². The van der Waals surface area contributed by atoms with Crippen molar-refractivity contribution in [3.8, 4) is 17.0 Å². The molecule has 2 atom stereocenters. The van der Waals surface area contributed by atoms with Crippen LogP contribution in [0.1, 0.15) is 5.56 Å². The Hall–Kier alpha value is -2.75. The molecule has 1 fully saturated rings. The predicted octanol–water partition coefficient (Wildman–Crippen LogP) is 5.66. The Balaban J connectivity index is 1.29. The van der Waals surface area contributed by atoms with Crippen molar-refractivity contribution in [2.75, 3.05) is 13.2 Å². The van der Waals surface area contributed by atoms with Crippen molar-refractivity contribution in [3.63, 3.8) is 0 Å². The maximum atomic E-state index is 6.52. The van der Waals surface area contributed by atoms with E-state index < -0.39 is 5.79 Å². The second kappa shape index (κ2) is 9.85. The van der Waals surface area contributed by atoms with Gasteiger partial charge in [0.05, 0.1) is 24.5 Å². The van der Waals surface area contributed by atoms with E-state index in [2.05, 4.69) is 15.0 Å². The molecule has 5 rings (SSSR count). The summed E-state index contributed by atoms with van der Waals surface area (Å²) in [7, 11) is 0. The number of nitrogens with zero attached hydrogens (tertiary/aromatic N) is 3. The lowest BCUT2D eigenvalue weighted by molar-refractivity contribution is -0.189. The molecule has 0 bridgehead atoms. The molecule has 0 amide bonds. The zero-order chi connectivity index (χ0) is 23.5. The average Bonchev–Trinajstić information content (AvgIpc) is 3.49. The topological polar surface area (TPSA) is 74.2 Å². The summed E-state index contributed by atoms with van der Waals surface area (Å²) >= 11 is 17.7. The first-order valence-electron chi connectivity index (χ1n) is 10.5. The van der Waals surface area contributed by atoms with Crippen LogP contribution in [0.25, 0.3) is 11.3 Å². The fourth-order valence-corrected chi connectivity index (χ4v) is 4.56. The van der Waals surface area contributed by atoms with Crippen LogP contribution in [0.15, 0.2) is 73.4 Å². The number of aromatic amines is 1. The quantitative estimate of drug-likeness (QED) is 0.321. The van der Waals surface area contributed by atoms with E-state index in [0.717, 1.165) is 17.0 Å². The second-order valence-corrected chi connectivity index (χ2v) is 9.02. The van der Waals surface area contributed by atoms with Crippen LogP contribution in [-0.4, -0.2) is 38.8 Å². The number of hydrogen-bond acceptors (Lipinski definition) is 6. The molecule has 0 spiro atoms. The summed E-state index contributed by atoms with van der Waals surface area (Å²) in [5, 5.41) is 1.01. The molecule has 0 radical (unpaired) electrons. The number of hydrogen-bond donors (Lipinski definition) is 1. The first-order chi connectivity index (χ1) is 16.5. The van der Waals surface area contributed by atoms with Crippen molar-refractivity contribution >= 4 is 35.4 Å². The van der Waals surface area contributed by atoms with E-state index in [1.165, 1.54) is 0 Å². The molecule has 0 aliphatic carbocycles. The van der Waals surface area contributed by atoms with Crippen molar-refractivity contribution in [2.45, 2.75) is 18.4 Å². The molecule has 1 aliphatic heterocycles. The van der Waals surface area contributed by atoms with E-state index in [9.17, 15) is 0 Å².